The first-order chi connectivity index (χ1) is 15.9. The van der Waals surface area contributed by atoms with Crippen molar-refractivity contribution in [2.75, 3.05) is 17.2 Å². The molecule has 170 valence electrons. The molecule has 3 heterocycles. The lowest BCUT2D eigenvalue weighted by Crippen LogP contribution is -2.26. The van der Waals surface area contributed by atoms with E-state index >= 15 is 0 Å². The quantitative estimate of drug-likeness (QED) is 0.268. The molecule has 1 aromatic carbocycles. The molecular weight excluding hydrogens is 438 g/mol. The highest BCUT2D eigenvalue weighted by molar-refractivity contribution is 8.13. The van der Waals surface area contributed by atoms with Crippen LogP contribution in [-0.2, 0) is 26.6 Å². The first-order valence-corrected chi connectivity index (χ1v) is 11.3. The fraction of sp³-hybridized carbons (Fsp3) is 0.227. The van der Waals surface area contributed by atoms with Gasteiger partial charge in [-0.2, -0.15) is 5.10 Å². The molecule has 0 aliphatic carbocycles. The van der Waals surface area contributed by atoms with Gasteiger partial charge in [-0.05, 0) is 24.1 Å². The molecule has 33 heavy (non-hydrogen) atoms. The number of nitrogens with zero attached hydrogens (tertiary/aromatic N) is 4. The second-order valence-corrected chi connectivity index (χ2v) is 8.73. The van der Waals surface area contributed by atoms with Gasteiger partial charge in [0.1, 0.15) is 17.3 Å². The second kappa shape index (κ2) is 9.33. The summed E-state index contributed by atoms with van der Waals surface area (Å²) in [5.41, 5.74) is 15.3. The van der Waals surface area contributed by atoms with Crippen molar-refractivity contribution in [3.05, 3.63) is 58.4 Å². The predicted molar refractivity (Wildman–Crippen MR) is 133 cm³/mol. The maximum absolute atomic E-state index is 13.2. The number of aromatic nitrogens is 3. The van der Waals surface area contributed by atoms with E-state index in [1.807, 2.05) is 6.07 Å². The second-order valence-electron chi connectivity index (χ2n) is 7.56. The van der Waals surface area contributed by atoms with E-state index < -0.39 is 0 Å². The van der Waals surface area contributed by atoms with Crippen LogP contribution in [0.2, 0.25) is 0 Å². The molecule has 0 atom stereocenters. The molecule has 1 aliphatic rings. The number of thioether (sulfide) groups is 1. The van der Waals surface area contributed by atoms with Gasteiger partial charge in [0, 0.05) is 60.3 Å². The van der Waals surface area contributed by atoms with E-state index in [0.29, 0.717) is 47.1 Å². The van der Waals surface area contributed by atoms with Crippen LogP contribution in [0.15, 0.2) is 35.5 Å². The van der Waals surface area contributed by atoms with Crippen LogP contribution >= 0.6 is 11.8 Å². The van der Waals surface area contributed by atoms with Gasteiger partial charge in [-0.1, -0.05) is 12.1 Å². The third-order valence-corrected chi connectivity index (χ3v) is 6.45. The smallest absolute Gasteiger partial charge is 0.268 e. The maximum Gasteiger partial charge on any atom is 0.268 e. The summed E-state index contributed by atoms with van der Waals surface area (Å²) in [4.78, 5) is 18.0. The minimum Gasteiger partial charge on any atom is -0.398 e. The Bertz CT molecular complexity index is 1270. The monoisotopic (exact) mass is 463 g/mol. The number of anilines is 2. The Hall–Kier alpha value is -3.86. The van der Waals surface area contributed by atoms with Gasteiger partial charge in [-0.3, -0.25) is 9.48 Å². The van der Waals surface area contributed by atoms with Gasteiger partial charge in [-0.25, -0.2) is 4.99 Å². The van der Waals surface area contributed by atoms with Crippen LogP contribution in [0.25, 0.3) is 0 Å². The molecular formula is C22H25N9OS. The van der Waals surface area contributed by atoms with Crippen LogP contribution in [-0.4, -0.2) is 43.5 Å². The summed E-state index contributed by atoms with van der Waals surface area (Å²) in [6.45, 7) is 0.697. The zero-order valence-electron chi connectivity index (χ0n) is 18.1. The number of aliphatic imine (C=N–C) groups is 1. The lowest BCUT2D eigenvalue weighted by Gasteiger charge is -2.11. The van der Waals surface area contributed by atoms with Crippen molar-refractivity contribution in [3.8, 4) is 0 Å². The largest absolute Gasteiger partial charge is 0.398 e. The number of carbonyl (C=O) groups excluding carboxylic acids is 1. The Labute approximate surface area is 195 Å². The molecule has 7 N–H and O–H groups in total. The number of fused-ring (bicyclic) bond motifs is 1. The highest BCUT2D eigenvalue weighted by atomic mass is 32.2. The van der Waals surface area contributed by atoms with E-state index in [1.54, 1.807) is 52.5 Å². The van der Waals surface area contributed by atoms with Crippen LogP contribution in [0.4, 0.5) is 17.3 Å². The van der Waals surface area contributed by atoms with Gasteiger partial charge < -0.3 is 32.2 Å². The Morgan fingerprint density at radius 3 is 2.73 bits per heavy atom. The van der Waals surface area contributed by atoms with Gasteiger partial charge in [0.25, 0.3) is 5.91 Å². The Morgan fingerprint density at radius 2 is 2.03 bits per heavy atom. The summed E-state index contributed by atoms with van der Waals surface area (Å²) in [5.74, 6) is 1.58. The van der Waals surface area contributed by atoms with E-state index in [0.717, 1.165) is 21.9 Å². The fourth-order valence-corrected chi connectivity index (χ4v) is 4.82. The molecule has 0 radical (unpaired) electrons. The Balaban J connectivity index is 1.63. The number of nitrogens with two attached hydrogens (primary N) is 2. The van der Waals surface area contributed by atoms with Crippen molar-refractivity contribution in [2.45, 2.75) is 19.5 Å². The standard InChI is InChI=1S/C22H25N9OS/c1-30-20(22(32)27-11-13-3-2-4-17(25)15(13)9-23)16(10-24)14-6-8-33-19(28-21(14)30)12-31-7-5-18(26)29-31/h2-5,7,9-10,23-24H,6,8,11-12,25H2,1H3,(H2,26,29)(H,27,32). The SMILES string of the molecule is Cn1c2c(c(C=N)c1C(=O)NCc1cccc(N)c1C=N)CCSC(Cn1ccc(N)n1)=N2. The molecule has 0 bridgehead atoms. The lowest BCUT2D eigenvalue weighted by atomic mass is 10.1. The zero-order valence-corrected chi connectivity index (χ0v) is 18.9. The third-order valence-electron chi connectivity index (χ3n) is 5.49. The first kappa shape index (κ1) is 22.3. The molecule has 0 fully saturated rings. The Kier molecular flexibility index (Phi) is 6.31. The normalized spacial score (nSPS) is 13.1. The van der Waals surface area contributed by atoms with E-state index in [-0.39, 0.29) is 12.5 Å². The van der Waals surface area contributed by atoms with Crippen molar-refractivity contribution in [2.24, 2.45) is 12.0 Å². The minimum atomic E-state index is -0.313. The molecule has 0 saturated carbocycles. The topological polar surface area (TPSA) is 164 Å². The van der Waals surface area contributed by atoms with E-state index in [4.69, 9.17) is 27.3 Å². The van der Waals surface area contributed by atoms with Crippen molar-refractivity contribution < 1.29 is 4.79 Å². The highest BCUT2D eigenvalue weighted by Gasteiger charge is 2.26. The van der Waals surface area contributed by atoms with Crippen LogP contribution < -0.4 is 16.8 Å². The van der Waals surface area contributed by atoms with E-state index in [1.165, 1.54) is 12.4 Å². The van der Waals surface area contributed by atoms with Gasteiger partial charge >= 0.3 is 0 Å². The van der Waals surface area contributed by atoms with Crippen molar-refractivity contribution >= 4 is 52.5 Å². The molecule has 0 unspecified atom stereocenters. The predicted octanol–water partition coefficient (Wildman–Crippen LogP) is 2.33. The summed E-state index contributed by atoms with van der Waals surface area (Å²) < 4.78 is 3.47. The Morgan fingerprint density at radius 1 is 1.24 bits per heavy atom. The fourth-order valence-electron chi connectivity index (χ4n) is 3.90. The summed E-state index contributed by atoms with van der Waals surface area (Å²) in [7, 11) is 1.78. The number of nitrogens with one attached hydrogen (secondary N) is 3. The minimum absolute atomic E-state index is 0.215. The van der Waals surface area contributed by atoms with Crippen LogP contribution in [0, 0.1) is 10.8 Å². The van der Waals surface area contributed by atoms with E-state index in [9.17, 15) is 4.79 Å². The molecule has 1 aliphatic heterocycles. The van der Waals surface area contributed by atoms with Gasteiger partial charge in [0.15, 0.2) is 0 Å². The van der Waals surface area contributed by atoms with Crippen LogP contribution in [0.5, 0.6) is 0 Å². The van der Waals surface area contributed by atoms with Crippen molar-refractivity contribution in [1.29, 1.82) is 10.8 Å². The van der Waals surface area contributed by atoms with Crippen LogP contribution in [0.1, 0.15) is 32.7 Å². The molecule has 3 aromatic rings. The summed E-state index contributed by atoms with van der Waals surface area (Å²) >= 11 is 1.63. The molecule has 1 amide bonds. The number of benzene rings is 1. The van der Waals surface area contributed by atoms with Crippen molar-refractivity contribution in [3.63, 3.8) is 0 Å². The average Bonchev–Trinajstić information content (AvgIpc) is 3.23. The average molecular weight is 464 g/mol. The molecule has 0 spiro atoms. The molecule has 4 rings (SSSR count). The van der Waals surface area contributed by atoms with Crippen LogP contribution in [0.3, 0.4) is 0 Å². The van der Waals surface area contributed by atoms with E-state index in [2.05, 4.69) is 10.4 Å². The summed E-state index contributed by atoms with van der Waals surface area (Å²) in [6, 6.07) is 7.07. The van der Waals surface area contributed by atoms with Gasteiger partial charge in [0.2, 0.25) is 0 Å². The zero-order chi connectivity index (χ0) is 23.5. The summed E-state index contributed by atoms with van der Waals surface area (Å²) in [6.07, 6.45) is 4.89. The van der Waals surface area contributed by atoms with Crippen molar-refractivity contribution in [1.82, 2.24) is 19.7 Å². The number of hydrogen-bond donors (Lipinski definition) is 5. The third kappa shape index (κ3) is 4.40. The number of amides is 1. The number of nitrogen functional groups attached to an aromatic ring is 2. The molecule has 11 heteroatoms. The molecule has 10 nitrogen and oxygen atoms in total. The maximum atomic E-state index is 13.2. The number of hydrogen-bond acceptors (Lipinski definition) is 8. The summed E-state index contributed by atoms with van der Waals surface area (Å²) in [5, 5.41) is 23.6. The lowest BCUT2D eigenvalue weighted by molar-refractivity contribution is 0.0942. The first-order valence-electron chi connectivity index (χ1n) is 10.3. The molecule has 0 saturated heterocycles. The molecule has 2 aromatic heterocycles. The number of rotatable bonds is 7. The van der Waals surface area contributed by atoms with Gasteiger partial charge in [0.05, 0.1) is 11.6 Å². The van der Waals surface area contributed by atoms with Gasteiger partial charge in [-0.15, -0.1) is 11.8 Å². The number of carbonyl (C=O) groups is 1. The highest BCUT2D eigenvalue weighted by Crippen LogP contribution is 2.33.